The van der Waals surface area contributed by atoms with Crippen LogP contribution in [-0.4, -0.2) is 46.0 Å². The monoisotopic (exact) mass is 372 g/mol. The third kappa shape index (κ3) is 4.42. The van der Waals surface area contributed by atoms with Crippen molar-refractivity contribution in [3.8, 4) is 0 Å². The van der Waals surface area contributed by atoms with Gasteiger partial charge in [-0.15, -0.1) is 0 Å². The molecule has 0 radical (unpaired) electrons. The van der Waals surface area contributed by atoms with Crippen LogP contribution in [0.3, 0.4) is 0 Å². The fraction of sp³-hybridized carbons (Fsp3) is 0.316. The minimum absolute atomic E-state index is 0.275. The van der Waals surface area contributed by atoms with E-state index in [1.54, 1.807) is 37.4 Å². The molecule has 0 saturated carbocycles. The Labute approximate surface area is 155 Å². The van der Waals surface area contributed by atoms with Crippen molar-refractivity contribution in [2.24, 2.45) is 4.99 Å². The molecular formula is C19H24N4O2S. The predicted octanol–water partition coefficient (Wildman–Crippen LogP) is 1.60. The normalized spacial score (nSPS) is 14.8. The van der Waals surface area contributed by atoms with Crippen LogP contribution in [0.2, 0.25) is 0 Å². The van der Waals surface area contributed by atoms with Gasteiger partial charge in [0, 0.05) is 33.2 Å². The average molecular weight is 372 g/mol. The lowest BCUT2D eigenvalue weighted by Gasteiger charge is -2.31. The first-order valence-electron chi connectivity index (χ1n) is 8.67. The third-order valence-electron chi connectivity index (χ3n) is 4.40. The van der Waals surface area contributed by atoms with Gasteiger partial charge in [0.1, 0.15) is 0 Å². The van der Waals surface area contributed by atoms with Crippen LogP contribution in [0.15, 0.2) is 64.5 Å². The largest absolute Gasteiger partial charge is 0.355 e. The molecular weight excluding hydrogens is 348 g/mol. The van der Waals surface area contributed by atoms with E-state index in [0.29, 0.717) is 13.1 Å². The second kappa shape index (κ2) is 8.33. The van der Waals surface area contributed by atoms with Crippen LogP contribution in [0.4, 0.5) is 0 Å². The first kappa shape index (κ1) is 18.4. The Morgan fingerprint density at radius 2 is 1.73 bits per heavy atom. The Bertz CT molecular complexity index is 866. The molecule has 0 amide bonds. The highest BCUT2D eigenvalue weighted by Crippen LogP contribution is 2.18. The molecule has 138 valence electrons. The molecule has 1 aliphatic heterocycles. The molecule has 0 aliphatic carbocycles. The minimum atomic E-state index is -3.47. The average Bonchev–Trinajstić information content (AvgIpc) is 2.68. The number of guanidine groups is 1. The van der Waals surface area contributed by atoms with Crippen LogP contribution in [0, 0.1) is 0 Å². The van der Waals surface area contributed by atoms with Gasteiger partial charge in [-0.1, -0.05) is 42.5 Å². The van der Waals surface area contributed by atoms with Gasteiger partial charge in [-0.05, 0) is 29.7 Å². The number of hydrogen-bond acceptors (Lipinski definition) is 3. The van der Waals surface area contributed by atoms with E-state index in [9.17, 15) is 8.42 Å². The topological polar surface area (TPSA) is 73.8 Å². The lowest BCUT2D eigenvalue weighted by Crippen LogP contribution is -2.46. The van der Waals surface area contributed by atoms with E-state index in [0.717, 1.165) is 25.5 Å². The summed E-state index contributed by atoms with van der Waals surface area (Å²) in [5.74, 6) is 0.790. The first-order chi connectivity index (χ1) is 12.6. The molecule has 0 bridgehead atoms. The zero-order valence-electron chi connectivity index (χ0n) is 14.9. The number of fused-ring (bicyclic) bond motifs is 1. The lowest BCUT2D eigenvalue weighted by molar-refractivity contribution is 0.379. The van der Waals surface area contributed by atoms with Gasteiger partial charge in [0.25, 0.3) is 0 Å². The number of sulfonamides is 1. The summed E-state index contributed by atoms with van der Waals surface area (Å²) in [6, 6.07) is 16.8. The lowest BCUT2D eigenvalue weighted by atomic mass is 10.0. The Morgan fingerprint density at radius 1 is 1.04 bits per heavy atom. The van der Waals surface area contributed by atoms with Gasteiger partial charge < -0.3 is 10.2 Å². The number of hydrogen-bond donors (Lipinski definition) is 2. The van der Waals surface area contributed by atoms with E-state index in [1.807, 2.05) is 0 Å². The van der Waals surface area contributed by atoms with Crippen molar-refractivity contribution in [2.45, 2.75) is 17.9 Å². The molecule has 2 aromatic rings. The highest BCUT2D eigenvalue weighted by atomic mass is 32.2. The molecule has 26 heavy (non-hydrogen) atoms. The summed E-state index contributed by atoms with van der Waals surface area (Å²) in [7, 11) is -1.73. The van der Waals surface area contributed by atoms with Crippen LogP contribution in [0.1, 0.15) is 11.1 Å². The minimum Gasteiger partial charge on any atom is -0.355 e. The standard InChI is InChI=1S/C19H24N4O2S/c1-20-19(23-14-11-16-7-5-6-8-17(16)15-23)21-12-13-22-26(24,25)18-9-3-2-4-10-18/h2-10,22H,11-15H2,1H3,(H,20,21). The van der Waals surface area contributed by atoms with Crippen molar-refractivity contribution in [1.29, 1.82) is 0 Å². The fourth-order valence-electron chi connectivity index (χ4n) is 3.05. The Balaban J connectivity index is 1.51. The number of benzene rings is 2. The van der Waals surface area contributed by atoms with Crippen LogP contribution in [0.5, 0.6) is 0 Å². The Morgan fingerprint density at radius 3 is 2.46 bits per heavy atom. The first-order valence-corrected chi connectivity index (χ1v) is 10.2. The quantitative estimate of drug-likeness (QED) is 0.475. The van der Waals surface area contributed by atoms with Gasteiger partial charge in [-0.25, -0.2) is 13.1 Å². The summed E-state index contributed by atoms with van der Waals surface area (Å²) in [4.78, 5) is 6.79. The maximum atomic E-state index is 12.2. The van der Waals surface area contributed by atoms with Crippen molar-refractivity contribution in [3.05, 3.63) is 65.7 Å². The van der Waals surface area contributed by atoms with Gasteiger partial charge in [-0.3, -0.25) is 4.99 Å². The summed E-state index contributed by atoms with van der Waals surface area (Å²) < 4.78 is 27.0. The Hall–Kier alpha value is -2.38. The summed E-state index contributed by atoms with van der Waals surface area (Å²) in [5, 5.41) is 3.24. The molecule has 6 nitrogen and oxygen atoms in total. The van der Waals surface area contributed by atoms with E-state index in [-0.39, 0.29) is 4.90 Å². The van der Waals surface area contributed by atoms with Crippen LogP contribution in [-0.2, 0) is 23.0 Å². The Kier molecular flexibility index (Phi) is 5.90. The molecule has 0 spiro atoms. The molecule has 3 rings (SSSR count). The SMILES string of the molecule is CN=C(NCCNS(=O)(=O)c1ccccc1)N1CCc2ccccc2C1. The van der Waals surface area contributed by atoms with Crippen LogP contribution in [0.25, 0.3) is 0 Å². The second-order valence-corrected chi connectivity index (χ2v) is 7.89. The van der Waals surface area contributed by atoms with Gasteiger partial charge in [-0.2, -0.15) is 0 Å². The van der Waals surface area contributed by atoms with Crippen molar-refractivity contribution >= 4 is 16.0 Å². The number of rotatable bonds is 5. The number of aliphatic imine (C=N–C) groups is 1. The molecule has 1 aliphatic rings. The molecule has 2 N–H and O–H groups in total. The summed E-state index contributed by atoms with van der Waals surface area (Å²) in [5.41, 5.74) is 2.70. The highest BCUT2D eigenvalue weighted by Gasteiger charge is 2.18. The third-order valence-corrected chi connectivity index (χ3v) is 5.87. The molecule has 0 unspecified atom stereocenters. The summed E-state index contributed by atoms with van der Waals surface area (Å²) in [6.07, 6.45) is 0.984. The smallest absolute Gasteiger partial charge is 0.240 e. The molecule has 7 heteroatoms. The van der Waals surface area contributed by atoms with Crippen LogP contribution >= 0.6 is 0 Å². The van der Waals surface area contributed by atoms with Crippen molar-refractivity contribution in [3.63, 3.8) is 0 Å². The summed E-state index contributed by atoms with van der Waals surface area (Å²) in [6.45, 7) is 2.47. The van der Waals surface area contributed by atoms with Crippen molar-refractivity contribution < 1.29 is 8.42 Å². The zero-order valence-corrected chi connectivity index (χ0v) is 15.7. The molecule has 0 saturated heterocycles. The molecule has 0 aromatic heterocycles. The molecule has 1 heterocycles. The maximum absolute atomic E-state index is 12.2. The van der Waals surface area contributed by atoms with Gasteiger partial charge in [0.05, 0.1) is 4.90 Å². The van der Waals surface area contributed by atoms with E-state index in [4.69, 9.17) is 0 Å². The molecule has 2 aromatic carbocycles. The van der Waals surface area contributed by atoms with Crippen molar-refractivity contribution in [1.82, 2.24) is 14.9 Å². The predicted molar refractivity (Wildman–Crippen MR) is 104 cm³/mol. The van der Waals surface area contributed by atoms with Gasteiger partial charge in [0.2, 0.25) is 10.0 Å². The fourth-order valence-corrected chi connectivity index (χ4v) is 4.10. The highest BCUT2D eigenvalue weighted by molar-refractivity contribution is 7.89. The van der Waals surface area contributed by atoms with E-state index in [1.165, 1.54) is 11.1 Å². The van der Waals surface area contributed by atoms with E-state index >= 15 is 0 Å². The zero-order chi connectivity index (χ0) is 18.4. The number of nitrogens with one attached hydrogen (secondary N) is 2. The molecule has 0 fully saturated rings. The van der Waals surface area contributed by atoms with Gasteiger partial charge >= 0.3 is 0 Å². The molecule has 0 atom stereocenters. The van der Waals surface area contributed by atoms with Gasteiger partial charge in [0.15, 0.2) is 5.96 Å². The maximum Gasteiger partial charge on any atom is 0.240 e. The van der Waals surface area contributed by atoms with E-state index in [2.05, 4.69) is 44.2 Å². The summed E-state index contributed by atoms with van der Waals surface area (Å²) >= 11 is 0. The number of nitrogens with zero attached hydrogens (tertiary/aromatic N) is 2. The van der Waals surface area contributed by atoms with Crippen LogP contribution < -0.4 is 10.0 Å². The van der Waals surface area contributed by atoms with E-state index < -0.39 is 10.0 Å². The second-order valence-electron chi connectivity index (χ2n) is 6.13. The van der Waals surface area contributed by atoms with Crippen molar-refractivity contribution in [2.75, 3.05) is 26.7 Å².